The Morgan fingerprint density at radius 3 is 2.72 bits per heavy atom. The number of hydrogen-bond acceptors (Lipinski definition) is 4. The lowest BCUT2D eigenvalue weighted by atomic mass is 9.88. The molecule has 3 rings (SSSR count). The molecule has 2 aromatic heterocycles. The topological polar surface area (TPSA) is 68.2 Å². The number of imidazole rings is 1. The van der Waals surface area contributed by atoms with Crippen LogP contribution >= 0.6 is 0 Å². The standard InChI is InChI=1S/C23H30FN5/c1-7-26-15(5)20-18(10-13(2)3)17(11-14(4)21(20)24)12-19-28-16(6)22-23(25)27-8-9-29(19)22/h8-9,11,13,26H,5,7,10,12H2,1-4,6H3,(H2,25,27). The van der Waals surface area contributed by atoms with Crippen LogP contribution in [0.4, 0.5) is 10.2 Å². The monoisotopic (exact) mass is 395 g/mol. The van der Waals surface area contributed by atoms with Crippen LogP contribution in [0.3, 0.4) is 0 Å². The van der Waals surface area contributed by atoms with E-state index in [1.54, 1.807) is 13.1 Å². The summed E-state index contributed by atoms with van der Waals surface area (Å²) in [5.41, 5.74) is 11.6. The molecule has 0 aliphatic heterocycles. The first-order valence-corrected chi connectivity index (χ1v) is 10.1. The van der Waals surface area contributed by atoms with Gasteiger partial charge < -0.3 is 11.1 Å². The maximum Gasteiger partial charge on any atom is 0.149 e. The quantitative estimate of drug-likeness (QED) is 0.621. The van der Waals surface area contributed by atoms with E-state index >= 15 is 4.39 Å². The lowest BCUT2D eigenvalue weighted by Crippen LogP contribution is -2.16. The van der Waals surface area contributed by atoms with E-state index < -0.39 is 0 Å². The third-order valence-corrected chi connectivity index (χ3v) is 5.13. The van der Waals surface area contributed by atoms with Crippen molar-refractivity contribution < 1.29 is 4.39 Å². The summed E-state index contributed by atoms with van der Waals surface area (Å²) in [6.45, 7) is 14.8. The fourth-order valence-electron chi connectivity index (χ4n) is 3.93. The van der Waals surface area contributed by atoms with Crippen LogP contribution in [-0.2, 0) is 12.8 Å². The zero-order valence-electron chi connectivity index (χ0n) is 17.9. The molecular formula is C23H30FN5. The van der Waals surface area contributed by atoms with E-state index in [1.807, 2.05) is 30.5 Å². The number of anilines is 1. The Morgan fingerprint density at radius 1 is 1.34 bits per heavy atom. The molecule has 5 nitrogen and oxygen atoms in total. The second-order valence-corrected chi connectivity index (χ2v) is 7.95. The number of nitrogens with one attached hydrogen (secondary N) is 1. The average Bonchev–Trinajstić information content (AvgIpc) is 2.96. The van der Waals surface area contributed by atoms with Crippen molar-refractivity contribution >= 4 is 17.0 Å². The maximum absolute atomic E-state index is 15.2. The van der Waals surface area contributed by atoms with Gasteiger partial charge in [0, 0.05) is 36.6 Å². The highest BCUT2D eigenvalue weighted by atomic mass is 19.1. The molecule has 0 unspecified atom stereocenters. The van der Waals surface area contributed by atoms with Crippen molar-refractivity contribution in [2.24, 2.45) is 5.92 Å². The highest BCUT2D eigenvalue weighted by molar-refractivity contribution is 5.70. The third-order valence-electron chi connectivity index (χ3n) is 5.13. The highest BCUT2D eigenvalue weighted by Gasteiger charge is 2.21. The molecule has 1 aromatic carbocycles. The molecule has 29 heavy (non-hydrogen) atoms. The van der Waals surface area contributed by atoms with Gasteiger partial charge in [-0.15, -0.1) is 0 Å². The van der Waals surface area contributed by atoms with Crippen molar-refractivity contribution in [3.05, 3.63) is 64.6 Å². The van der Waals surface area contributed by atoms with E-state index in [0.29, 0.717) is 41.5 Å². The number of benzene rings is 1. The van der Waals surface area contributed by atoms with Gasteiger partial charge in [0.2, 0.25) is 0 Å². The van der Waals surface area contributed by atoms with Crippen molar-refractivity contribution in [2.75, 3.05) is 12.3 Å². The van der Waals surface area contributed by atoms with Gasteiger partial charge in [0.15, 0.2) is 0 Å². The Hall–Kier alpha value is -2.89. The summed E-state index contributed by atoms with van der Waals surface area (Å²) in [5.74, 6) is 1.50. The van der Waals surface area contributed by atoms with Gasteiger partial charge in [0.1, 0.15) is 23.0 Å². The number of nitrogens with zero attached hydrogens (tertiary/aromatic N) is 3. The fourth-order valence-corrected chi connectivity index (χ4v) is 3.93. The van der Waals surface area contributed by atoms with E-state index in [9.17, 15) is 0 Å². The minimum absolute atomic E-state index is 0.201. The minimum Gasteiger partial charge on any atom is -0.385 e. The predicted molar refractivity (Wildman–Crippen MR) is 117 cm³/mol. The van der Waals surface area contributed by atoms with Crippen LogP contribution in [0.25, 0.3) is 11.2 Å². The minimum atomic E-state index is -0.201. The molecule has 6 heteroatoms. The molecule has 0 spiro atoms. The molecule has 0 bridgehead atoms. The number of aromatic nitrogens is 3. The second kappa shape index (κ2) is 8.23. The van der Waals surface area contributed by atoms with Gasteiger partial charge in [-0.2, -0.15) is 0 Å². The number of hydrogen-bond donors (Lipinski definition) is 2. The van der Waals surface area contributed by atoms with Gasteiger partial charge in [0.05, 0.1) is 5.69 Å². The van der Waals surface area contributed by atoms with Crippen molar-refractivity contribution in [1.82, 2.24) is 19.7 Å². The summed E-state index contributed by atoms with van der Waals surface area (Å²) >= 11 is 0. The number of aryl methyl sites for hydroxylation is 2. The molecule has 0 aliphatic rings. The van der Waals surface area contributed by atoms with Crippen LogP contribution in [-0.4, -0.2) is 20.9 Å². The van der Waals surface area contributed by atoms with E-state index in [2.05, 4.69) is 30.7 Å². The van der Waals surface area contributed by atoms with Gasteiger partial charge in [0.25, 0.3) is 0 Å². The van der Waals surface area contributed by atoms with Gasteiger partial charge in [-0.05, 0) is 49.8 Å². The van der Waals surface area contributed by atoms with Crippen LogP contribution in [0.15, 0.2) is 25.0 Å². The average molecular weight is 396 g/mol. The maximum atomic E-state index is 15.2. The van der Waals surface area contributed by atoms with Crippen LogP contribution < -0.4 is 11.1 Å². The molecule has 0 saturated heterocycles. The molecule has 0 amide bonds. The number of halogens is 1. The lowest BCUT2D eigenvalue weighted by Gasteiger charge is -2.21. The van der Waals surface area contributed by atoms with Gasteiger partial charge in [-0.1, -0.05) is 26.5 Å². The largest absolute Gasteiger partial charge is 0.385 e. The van der Waals surface area contributed by atoms with Crippen LogP contribution in [0.2, 0.25) is 0 Å². The molecular weight excluding hydrogens is 365 g/mol. The van der Waals surface area contributed by atoms with Gasteiger partial charge >= 0.3 is 0 Å². The molecule has 0 aliphatic carbocycles. The highest BCUT2D eigenvalue weighted by Crippen LogP contribution is 2.30. The molecule has 3 N–H and O–H groups in total. The smallest absolute Gasteiger partial charge is 0.149 e. The van der Waals surface area contributed by atoms with Crippen LogP contribution in [0.5, 0.6) is 0 Å². The van der Waals surface area contributed by atoms with Crippen LogP contribution in [0.1, 0.15) is 54.5 Å². The summed E-state index contributed by atoms with van der Waals surface area (Å²) < 4.78 is 17.1. The van der Waals surface area contributed by atoms with Crippen molar-refractivity contribution in [3.63, 3.8) is 0 Å². The Balaban J connectivity index is 2.19. The van der Waals surface area contributed by atoms with Crippen LogP contribution in [0, 0.1) is 25.6 Å². The molecule has 2 heterocycles. The zero-order chi connectivity index (χ0) is 21.3. The van der Waals surface area contributed by atoms with E-state index in [0.717, 1.165) is 34.6 Å². The molecule has 0 fully saturated rings. The lowest BCUT2D eigenvalue weighted by molar-refractivity contribution is 0.596. The molecule has 0 saturated carbocycles. The van der Waals surface area contributed by atoms with E-state index in [4.69, 9.17) is 10.7 Å². The predicted octanol–water partition coefficient (Wildman–Crippen LogP) is 4.44. The van der Waals surface area contributed by atoms with E-state index in [1.165, 1.54) is 0 Å². The number of nitrogen functional groups attached to an aromatic ring is 1. The summed E-state index contributed by atoms with van der Waals surface area (Å²) in [6, 6.07) is 1.94. The van der Waals surface area contributed by atoms with Crippen molar-refractivity contribution in [2.45, 2.75) is 47.5 Å². The van der Waals surface area contributed by atoms with Gasteiger partial charge in [-0.3, -0.25) is 4.40 Å². The van der Waals surface area contributed by atoms with Crippen molar-refractivity contribution in [1.29, 1.82) is 0 Å². The summed E-state index contributed by atoms with van der Waals surface area (Å²) in [7, 11) is 0. The molecule has 0 atom stereocenters. The fraction of sp³-hybridized carbons (Fsp3) is 0.391. The first-order chi connectivity index (χ1) is 13.7. The number of fused-ring (bicyclic) bond motifs is 1. The van der Waals surface area contributed by atoms with Gasteiger partial charge in [-0.25, -0.2) is 14.4 Å². The summed E-state index contributed by atoms with van der Waals surface area (Å²) in [4.78, 5) is 8.92. The first kappa shape index (κ1) is 20.8. The first-order valence-electron chi connectivity index (χ1n) is 10.1. The molecule has 3 aromatic rings. The molecule has 0 radical (unpaired) electrons. The SMILES string of the molecule is C=C(NCC)c1c(F)c(C)cc(Cc2nc(C)c3c(N)nccn23)c1CC(C)C. The zero-order valence-corrected chi connectivity index (χ0v) is 17.9. The third kappa shape index (κ3) is 3.97. The second-order valence-electron chi connectivity index (χ2n) is 7.95. The Kier molecular flexibility index (Phi) is 5.91. The Morgan fingerprint density at radius 2 is 2.07 bits per heavy atom. The number of nitrogens with two attached hydrogens (primary N) is 1. The number of rotatable bonds is 7. The summed E-state index contributed by atoms with van der Waals surface area (Å²) in [6.07, 6.45) is 4.89. The Bertz CT molecular complexity index is 1070. The Labute approximate surface area is 171 Å². The summed E-state index contributed by atoms with van der Waals surface area (Å²) in [5, 5.41) is 3.20. The van der Waals surface area contributed by atoms with Crippen molar-refractivity contribution in [3.8, 4) is 0 Å². The van der Waals surface area contributed by atoms with E-state index in [-0.39, 0.29) is 5.82 Å². The normalized spacial score (nSPS) is 11.4. The molecule has 154 valence electrons.